The number of halogens is 3. The van der Waals surface area contributed by atoms with Crippen LogP contribution in [-0.4, -0.2) is 16.3 Å². The van der Waals surface area contributed by atoms with Crippen molar-refractivity contribution in [3.05, 3.63) is 50.8 Å². The van der Waals surface area contributed by atoms with Crippen molar-refractivity contribution in [1.82, 2.24) is 9.78 Å². The SMILES string of the molecule is Cc1nn(Cc2c(F)ccc(Br)c2F)c(C)c1CCN. The van der Waals surface area contributed by atoms with Gasteiger partial charge in [0.2, 0.25) is 0 Å². The second-order valence-electron chi connectivity index (χ2n) is 4.67. The van der Waals surface area contributed by atoms with Crippen LogP contribution in [0.4, 0.5) is 8.78 Å². The van der Waals surface area contributed by atoms with E-state index in [9.17, 15) is 8.78 Å². The van der Waals surface area contributed by atoms with Crippen LogP contribution in [-0.2, 0) is 13.0 Å². The van der Waals surface area contributed by atoms with Gasteiger partial charge in [0.15, 0.2) is 0 Å². The van der Waals surface area contributed by atoms with Gasteiger partial charge < -0.3 is 5.73 Å². The Morgan fingerprint density at radius 1 is 1.25 bits per heavy atom. The lowest BCUT2D eigenvalue weighted by Gasteiger charge is -2.09. The Morgan fingerprint density at radius 2 is 1.95 bits per heavy atom. The molecule has 20 heavy (non-hydrogen) atoms. The van der Waals surface area contributed by atoms with E-state index in [-0.39, 0.29) is 16.6 Å². The summed E-state index contributed by atoms with van der Waals surface area (Å²) in [4.78, 5) is 0. The number of nitrogens with two attached hydrogens (primary N) is 1. The number of hydrogen-bond acceptors (Lipinski definition) is 2. The molecule has 0 spiro atoms. The minimum Gasteiger partial charge on any atom is -0.330 e. The van der Waals surface area contributed by atoms with Crippen molar-refractivity contribution in [3.63, 3.8) is 0 Å². The van der Waals surface area contributed by atoms with Gasteiger partial charge in [-0.3, -0.25) is 4.68 Å². The molecular formula is C14H16BrF2N3. The fourth-order valence-corrected chi connectivity index (χ4v) is 2.63. The molecule has 0 aliphatic rings. The van der Waals surface area contributed by atoms with Gasteiger partial charge in [0, 0.05) is 11.3 Å². The Balaban J connectivity index is 2.41. The van der Waals surface area contributed by atoms with Crippen molar-refractivity contribution < 1.29 is 8.78 Å². The summed E-state index contributed by atoms with van der Waals surface area (Å²) in [5, 5.41) is 4.35. The minimum absolute atomic E-state index is 0.00396. The Hall–Kier alpha value is -1.27. The maximum atomic E-state index is 14.0. The molecule has 0 saturated heterocycles. The molecule has 2 N–H and O–H groups in total. The smallest absolute Gasteiger partial charge is 0.145 e. The van der Waals surface area contributed by atoms with Crippen molar-refractivity contribution in [1.29, 1.82) is 0 Å². The van der Waals surface area contributed by atoms with Crippen LogP contribution in [0.5, 0.6) is 0 Å². The summed E-state index contributed by atoms with van der Waals surface area (Å²) in [7, 11) is 0. The summed E-state index contributed by atoms with van der Waals surface area (Å²) in [5.41, 5.74) is 8.36. The summed E-state index contributed by atoms with van der Waals surface area (Å²) >= 11 is 3.07. The van der Waals surface area contributed by atoms with Gasteiger partial charge in [0.1, 0.15) is 11.6 Å². The lowest BCUT2D eigenvalue weighted by Crippen LogP contribution is -2.09. The van der Waals surface area contributed by atoms with Gasteiger partial charge in [-0.05, 0) is 60.4 Å². The second kappa shape index (κ2) is 6.01. The highest BCUT2D eigenvalue weighted by atomic mass is 79.9. The average Bonchev–Trinajstić information content (AvgIpc) is 2.67. The number of nitrogens with zero attached hydrogens (tertiary/aromatic N) is 2. The van der Waals surface area contributed by atoms with Crippen molar-refractivity contribution >= 4 is 15.9 Å². The molecule has 108 valence electrons. The molecule has 2 aromatic rings. The van der Waals surface area contributed by atoms with E-state index >= 15 is 0 Å². The lowest BCUT2D eigenvalue weighted by molar-refractivity contribution is 0.525. The third-order valence-corrected chi connectivity index (χ3v) is 3.98. The van der Waals surface area contributed by atoms with E-state index in [0.717, 1.165) is 17.0 Å². The number of aromatic nitrogens is 2. The van der Waals surface area contributed by atoms with E-state index in [1.165, 1.54) is 12.1 Å². The van der Waals surface area contributed by atoms with Crippen LogP contribution in [0.1, 0.15) is 22.5 Å². The van der Waals surface area contributed by atoms with Crippen LogP contribution in [0.25, 0.3) is 0 Å². The Morgan fingerprint density at radius 3 is 2.60 bits per heavy atom. The standard InChI is InChI=1S/C14H16BrF2N3/c1-8-10(5-6-18)9(2)20(19-8)7-11-13(16)4-3-12(15)14(11)17/h3-4H,5-7,18H2,1-2H3. The highest BCUT2D eigenvalue weighted by Gasteiger charge is 2.16. The summed E-state index contributed by atoms with van der Waals surface area (Å²) in [6.07, 6.45) is 0.709. The molecule has 0 bridgehead atoms. The monoisotopic (exact) mass is 343 g/mol. The van der Waals surface area contributed by atoms with Crippen LogP contribution < -0.4 is 5.73 Å². The molecule has 2 rings (SSSR count). The first-order valence-electron chi connectivity index (χ1n) is 6.31. The van der Waals surface area contributed by atoms with Crippen LogP contribution in [0.3, 0.4) is 0 Å². The first kappa shape index (κ1) is 15.1. The van der Waals surface area contributed by atoms with Crippen molar-refractivity contribution in [2.75, 3.05) is 6.54 Å². The van der Waals surface area contributed by atoms with E-state index in [2.05, 4.69) is 21.0 Å². The number of rotatable bonds is 4. The third-order valence-electron chi connectivity index (χ3n) is 3.37. The Labute approximate surface area is 124 Å². The van der Waals surface area contributed by atoms with E-state index in [0.29, 0.717) is 13.0 Å². The molecule has 0 aliphatic carbocycles. The maximum Gasteiger partial charge on any atom is 0.145 e. The highest BCUT2D eigenvalue weighted by Crippen LogP contribution is 2.23. The molecule has 0 fully saturated rings. The molecule has 6 heteroatoms. The quantitative estimate of drug-likeness (QED) is 0.867. The normalized spacial score (nSPS) is 11.1. The molecule has 0 amide bonds. The number of benzene rings is 1. The van der Waals surface area contributed by atoms with Crippen molar-refractivity contribution in [3.8, 4) is 0 Å². The summed E-state index contributed by atoms with van der Waals surface area (Å²) in [5.74, 6) is -1.16. The molecule has 0 radical (unpaired) electrons. The minimum atomic E-state index is -0.585. The molecule has 0 unspecified atom stereocenters. The van der Waals surface area contributed by atoms with Gasteiger partial charge in [-0.25, -0.2) is 8.78 Å². The molecule has 0 saturated carbocycles. The Bertz CT molecular complexity index is 638. The second-order valence-corrected chi connectivity index (χ2v) is 5.52. The third kappa shape index (κ3) is 2.76. The van der Waals surface area contributed by atoms with Crippen molar-refractivity contribution in [2.24, 2.45) is 5.73 Å². The summed E-state index contributed by atoms with van der Waals surface area (Å²) in [6, 6.07) is 2.60. The first-order valence-corrected chi connectivity index (χ1v) is 7.10. The van der Waals surface area contributed by atoms with Crippen LogP contribution in [0.2, 0.25) is 0 Å². The van der Waals surface area contributed by atoms with Gasteiger partial charge >= 0.3 is 0 Å². The summed E-state index contributed by atoms with van der Waals surface area (Å²) < 4.78 is 29.6. The largest absolute Gasteiger partial charge is 0.330 e. The zero-order valence-electron chi connectivity index (χ0n) is 11.4. The predicted molar refractivity (Wildman–Crippen MR) is 77.6 cm³/mol. The van der Waals surface area contributed by atoms with Crippen LogP contribution in [0, 0.1) is 25.5 Å². The lowest BCUT2D eigenvalue weighted by atomic mass is 10.1. The van der Waals surface area contributed by atoms with Gasteiger partial charge in [0.05, 0.1) is 16.7 Å². The summed E-state index contributed by atoms with van der Waals surface area (Å²) in [6.45, 7) is 4.35. The van der Waals surface area contributed by atoms with Crippen LogP contribution >= 0.6 is 15.9 Å². The van der Waals surface area contributed by atoms with E-state index in [1.807, 2.05) is 13.8 Å². The maximum absolute atomic E-state index is 14.0. The molecule has 1 aromatic carbocycles. The molecular weight excluding hydrogens is 328 g/mol. The van der Waals surface area contributed by atoms with E-state index < -0.39 is 11.6 Å². The fourth-order valence-electron chi connectivity index (χ4n) is 2.26. The fraction of sp³-hybridized carbons (Fsp3) is 0.357. The molecule has 1 aromatic heterocycles. The number of aryl methyl sites for hydroxylation is 1. The zero-order chi connectivity index (χ0) is 14.9. The van der Waals surface area contributed by atoms with Gasteiger partial charge in [-0.15, -0.1) is 0 Å². The molecule has 1 heterocycles. The van der Waals surface area contributed by atoms with Crippen molar-refractivity contribution in [2.45, 2.75) is 26.8 Å². The molecule has 0 atom stereocenters. The molecule has 0 aliphatic heterocycles. The average molecular weight is 344 g/mol. The van der Waals surface area contributed by atoms with Gasteiger partial charge in [0.25, 0.3) is 0 Å². The highest BCUT2D eigenvalue weighted by molar-refractivity contribution is 9.10. The molecule has 3 nitrogen and oxygen atoms in total. The Kier molecular flexibility index (Phi) is 4.55. The van der Waals surface area contributed by atoms with E-state index in [1.54, 1.807) is 4.68 Å². The van der Waals surface area contributed by atoms with Gasteiger partial charge in [-0.2, -0.15) is 5.10 Å². The first-order chi connectivity index (χ1) is 9.45. The van der Waals surface area contributed by atoms with E-state index in [4.69, 9.17) is 5.73 Å². The topological polar surface area (TPSA) is 43.8 Å². The zero-order valence-corrected chi connectivity index (χ0v) is 13.0. The predicted octanol–water partition coefficient (Wildman–Crippen LogP) is 3.09. The van der Waals surface area contributed by atoms with Gasteiger partial charge in [-0.1, -0.05) is 0 Å². The van der Waals surface area contributed by atoms with Crippen LogP contribution in [0.15, 0.2) is 16.6 Å². The number of hydrogen-bond donors (Lipinski definition) is 1.